The van der Waals surface area contributed by atoms with Crippen LogP contribution in [0.5, 0.6) is 0 Å². The number of hydrogen-bond acceptors (Lipinski definition) is 3. The lowest BCUT2D eigenvalue weighted by atomic mass is 10.2. The highest BCUT2D eigenvalue weighted by Crippen LogP contribution is 2.21. The normalized spacial score (nSPS) is 10.6. The Morgan fingerprint density at radius 3 is 2.42 bits per heavy atom. The van der Waals surface area contributed by atoms with E-state index in [9.17, 15) is 14.4 Å². The largest absolute Gasteiger partial charge is 0.352 e. The van der Waals surface area contributed by atoms with Gasteiger partial charge in [0, 0.05) is 55.4 Å². The maximum absolute atomic E-state index is 12.4. The van der Waals surface area contributed by atoms with Gasteiger partial charge in [-0.25, -0.2) is 4.79 Å². The van der Waals surface area contributed by atoms with E-state index in [-0.39, 0.29) is 37.4 Å². The van der Waals surface area contributed by atoms with Crippen molar-refractivity contribution in [1.29, 1.82) is 0 Å². The van der Waals surface area contributed by atoms with Gasteiger partial charge < -0.3 is 25.4 Å². The molecule has 1 aromatic heterocycles. The molecule has 3 aromatic rings. The molecule has 0 saturated heterocycles. The lowest BCUT2D eigenvalue weighted by molar-refractivity contribution is -0.131. The first-order valence-corrected chi connectivity index (χ1v) is 11.2. The van der Waals surface area contributed by atoms with Crippen LogP contribution in [0.4, 0.5) is 10.5 Å². The molecule has 174 valence electrons. The number of carbonyl (C=O) groups is 3. The second kappa shape index (κ2) is 11.7. The number of aromatic nitrogens is 1. The summed E-state index contributed by atoms with van der Waals surface area (Å²) in [7, 11) is 0. The molecule has 8 heteroatoms. The van der Waals surface area contributed by atoms with Crippen LogP contribution in [0.15, 0.2) is 60.8 Å². The average molecular weight is 450 g/mol. The van der Waals surface area contributed by atoms with Gasteiger partial charge in [-0.2, -0.15) is 0 Å². The van der Waals surface area contributed by atoms with Crippen molar-refractivity contribution < 1.29 is 14.4 Å². The van der Waals surface area contributed by atoms with Gasteiger partial charge in [-0.05, 0) is 43.7 Å². The maximum atomic E-state index is 12.4. The van der Waals surface area contributed by atoms with Gasteiger partial charge in [-0.15, -0.1) is 0 Å². The predicted molar refractivity (Wildman–Crippen MR) is 130 cm³/mol. The summed E-state index contributed by atoms with van der Waals surface area (Å²) >= 11 is 0. The van der Waals surface area contributed by atoms with Crippen molar-refractivity contribution in [1.82, 2.24) is 20.1 Å². The summed E-state index contributed by atoms with van der Waals surface area (Å²) < 4.78 is 1.91. The van der Waals surface area contributed by atoms with Gasteiger partial charge in [0.2, 0.25) is 11.8 Å². The van der Waals surface area contributed by atoms with Gasteiger partial charge in [0.25, 0.3) is 0 Å². The highest BCUT2D eigenvalue weighted by Gasteiger charge is 2.12. The van der Waals surface area contributed by atoms with E-state index in [1.54, 1.807) is 11.0 Å². The molecular weight excluding hydrogens is 418 g/mol. The van der Waals surface area contributed by atoms with Crippen LogP contribution in [-0.4, -0.2) is 46.9 Å². The minimum absolute atomic E-state index is 0.0758. The van der Waals surface area contributed by atoms with Crippen molar-refractivity contribution in [2.75, 3.05) is 25.0 Å². The van der Waals surface area contributed by atoms with Gasteiger partial charge in [0.05, 0.1) is 0 Å². The molecule has 2 aromatic carbocycles. The van der Waals surface area contributed by atoms with E-state index in [0.717, 1.165) is 16.5 Å². The highest BCUT2D eigenvalue weighted by atomic mass is 16.2. The van der Waals surface area contributed by atoms with Crippen molar-refractivity contribution in [3.05, 3.63) is 66.4 Å². The number of fused-ring (bicyclic) bond motifs is 1. The van der Waals surface area contributed by atoms with Crippen molar-refractivity contribution >= 4 is 34.4 Å². The molecule has 0 aliphatic heterocycles. The van der Waals surface area contributed by atoms with Gasteiger partial charge in [0.15, 0.2) is 0 Å². The number of benzene rings is 2. The van der Waals surface area contributed by atoms with Gasteiger partial charge in [0.1, 0.15) is 6.54 Å². The molecule has 0 saturated carbocycles. The number of anilines is 1. The second-order valence-corrected chi connectivity index (χ2v) is 7.68. The molecule has 0 radical (unpaired) electrons. The number of nitrogens with zero attached hydrogens (tertiary/aromatic N) is 2. The van der Waals surface area contributed by atoms with Crippen LogP contribution in [-0.2, 0) is 22.7 Å². The summed E-state index contributed by atoms with van der Waals surface area (Å²) in [4.78, 5) is 38.3. The van der Waals surface area contributed by atoms with Crippen LogP contribution < -0.4 is 16.0 Å². The average Bonchev–Trinajstić information content (AvgIpc) is 3.21. The topological polar surface area (TPSA) is 95.5 Å². The summed E-state index contributed by atoms with van der Waals surface area (Å²) in [6, 6.07) is 16.8. The first-order valence-electron chi connectivity index (χ1n) is 11.2. The molecule has 3 rings (SSSR count). The zero-order chi connectivity index (χ0) is 23.6. The van der Waals surface area contributed by atoms with Gasteiger partial charge >= 0.3 is 6.03 Å². The van der Waals surface area contributed by atoms with E-state index in [2.05, 4.69) is 16.0 Å². The number of nitrogens with one attached hydrogen (secondary N) is 3. The third kappa shape index (κ3) is 6.83. The Labute approximate surface area is 193 Å². The van der Waals surface area contributed by atoms with E-state index in [4.69, 9.17) is 0 Å². The molecule has 0 aliphatic carbocycles. The molecule has 3 N–H and O–H groups in total. The lowest BCUT2D eigenvalue weighted by Crippen LogP contribution is -2.33. The quantitative estimate of drug-likeness (QED) is 0.443. The van der Waals surface area contributed by atoms with E-state index < -0.39 is 0 Å². The number of carbonyl (C=O) groups excluding carboxylic acids is 3. The maximum Gasteiger partial charge on any atom is 0.319 e. The molecule has 0 bridgehead atoms. The molecule has 0 spiro atoms. The van der Waals surface area contributed by atoms with Crippen LogP contribution in [0.1, 0.15) is 25.8 Å². The summed E-state index contributed by atoms with van der Waals surface area (Å²) in [6.07, 6.45) is 2.08. The summed E-state index contributed by atoms with van der Waals surface area (Å²) in [5.74, 6) is -0.0481. The molecule has 0 unspecified atom stereocenters. The first-order chi connectivity index (χ1) is 16.0. The highest BCUT2D eigenvalue weighted by molar-refractivity contribution is 5.93. The number of urea groups is 1. The molecular formula is C25H31N5O3. The Morgan fingerprint density at radius 1 is 0.939 bits per heavy atom. The fourth-order valence-corrected chi connectivity index (χ4v) is 3.59. The fourth-order valence-electron chi connectivity index (χ4n) is 3.59. The molecule has 8 nitrogen and oxygen atoms in total. The van der Waals surface area contributed by atoms with Crippen LogP contribution in [0.3, 0.4) is 0 Å². The number of rotatable bonds is 10. The summed E-state index contributed by atoms with van der Waals surface area (Å²) in [6.45, 7) is 6.29. The lowest BCUT2D eigenvalue weighted by Gasteiger charge is -2.19. The third-order valence-corrected chi connectivity index (χ3v) is 5.42. The Balaban J connectivity index is 1.46. The van der Waals surface area contributed by atoms with E-state index in [0.29, 0.717) is 25.3 Å². The predicted octanol–water partition coefficient (Wildman–Crippen LogP) is 3.34. The molecule has 1 heterocycles. The zero-order valence-corrected chi connectivity index (χ0v) is 19.1. The molecule has 33 heavy (non-hydrogen) atoms. The minimum atomic E-state index is -0.374. The SMILES string of the molecule is CCN(CC)C(=O)Cn1ccc2cc(NC(=O)NCCC(=O)NCc3ccccc3)ccc21. The van der Waals surface area contributed by atoms with Crippen LogP contribution >= 0.6 is 0 Å². The molecule has 0 fully saturated rings. The fraction of sp³-hybridized carbons (Fsp3) is 0.320. The third-order valence-electron chi connectivity index (χ3n) is 5.42. The van der Waals surface area contributed by atoms with Crippen molar-refractivity contribution in [3.63, 3.8) is 0 Å². The van der Waals surface area contributed by atoms with E-state index in [1.807, 2.05) is 73.1 Å². The Morgan fingerprint density at radius 2 is 1.70 bits per heavy atom. The minimum Gasteiger partial charge on any atom is -0.352 e. The Hall–Kier alpha value is -3.81. The molecule has 0 atom stereocenters. The molecule has 0 aliphatic rings. The van der Waals surface area contributed by atoms with E-state index in [1.165, 1.54) is 0 Å². The zero-order valence-electron chi connectivity index (χ0n) is 19.1. The van der Waals surface area contributed by atoms with Crippen LogP contribution in [0, 0.1) is 0 Å². The second-order valence-electron chi connectivity index (χ2n) is 7.68. The monoisotopic (exact) mass is 449 g/mol. The van der Waals surface area contributed by atoms with Gasteiger partial charge in [-0.3, -0.25) is 9.59 Å². The Bertz CT molecular complexity index is 1090. The summed E-state index contributed by atoms with van der Waals surface area (Å²) in [5.41, 5.74) is 2.59. The Kier molecular flexibility index (Phi) is 8.46. The van der Waals surface area contributed by atoms with E-state index >= 15 is 0 Å². The smallest absolute Gasteiger partial charge is 0.319 e. The molecule has 4 amide bonds. The van der Waals surface area contributed by atoms with Crippen molar-refractivity contribution in [2.45, 2.75) is 33.4 Å². The standard InChI is InChI=1S/C25H31N5O3/c1-3-29(4-2)24(32)18-30-15-13-20-16-21(10-11-22(20)30)28-25(33)26-14-12-23(31)27-17-19-8-6-5-7-9-19/h5-11,13,15-16H,3-4,12,14,17-18H2,1-2H3,(H,27,31)(H2,26,28,33). The van der Waals surface area contributed by atoms with Crippen molar-refractivity contribution in [3.8, 4) is 0 Å². The van der Waals surface area contributed by atoms with Crippen LogP contribution in [0.2, 0.25) is 0 Å². The van der Waals surface area contributed by atoms with Crippen LogP contribution in [0.25, 0.3) is 10.9 Å². The summed E-state index contributed by atoms with van der Waals surface area (Å²) in [5, 5.41) is 9.25. The first kappa shape index (κ1) is 23.8. The number of amides is 4. The van der Waals surface area contributed by atoms with Crippen molar-refractivity contribution in [2.24, 2.45) is 0 Å². The number of likely N-dealkylation sites (N-methyl/N-ethyl adjacent to an activating group) is 1. The van der Waals surface area contributed by atoms with Gasteiger partial charge in [-0.1, -0.05) is 30.3 Å². The number of hydrogen-bond donors (Lipinski definition) is 3.